The Labute approximate surface area is 131 Å². The Hall–Kier alpha value is -0.480. The molecular weight excluding hydrogens is 278 g/mol. The van der Waals surface area contributed by atoms with E-state index < -0.39 is 0 Å². The molecule has 0 aliphatic heterocycles. The molecule has 0 spiro atoms. The van der Waals surface area contributed by atoms with Crippen molar-refractivity contribution in [1.29, 1.82) is 0 Å². The van der Waals surface area contributed by atoms with Crippen LogP contribution in [-0.2, 0) is 11.8 Å². The van der Waals surface area contributed by atoms with Crippen LogP contribution < -0.4 is 5.32 Å². The lowest BCUT2D eigenvalue weighted by Crippen LogP contribution is -2.52. The molecule has 1 aromatic rings. The Bertz CT molecular complexity index is 510. The second-order valence-electron chi connectivity index (χ2n) is 8.16. The van der Waals surface area contributed by atoms with Gasteiger partial charge in [0.05, 0.1) is 0 Å². The van der Waals surface area contributed by atoms with Crippen molar-refractivity contribution in [2.24, 2.45) is 17.3 Å². The van der Waals surface area contributed by atoms with Crippen LogP contribution in [0.15, 0.2) is 0 Å². The van der Waals surface area contributed by atoms with Crippen molar-refractivity contribution in [3.8, 4) is 0 Å². The van der Waals surface area contributed by atoms with E-state index in [1.807, 2.05) is 11.3 Å². The first-order chi connectivity index (χ1) is 10.1. The van der Waals surface area contributed by atoms with Crippen molar-refractivity contribution in [2.75, 3.05) is 13.1 Å². The molecule has 1 aromatic heterocycles. The fraction of sp³-hybridized carbons (Fsp3) is 0.882. The molecule has 3 nitrogen and oxygen atoms in total. The van der Waals surface area contributed by atoms with E-state index in [0.717, 1.165) is 31.3 Å². The normalized spacial score (nSPS) is 40.9. The van der Waals surface area contributed by atoms with Crippen molar-refractivity contribution < 1.29 is 0 Å². The summed E-state index contributed by atoms with van der Waals surface area (Å²) in [4.78, 5) is 0. The maximum atomic E-state index is 4.66. The highest BCUT2D eigenvalue weighted by molar-refractivity contribution is 7.11. The lowest BCUT2D eigenvalue weighted by Gasteiger charge is -2.60. The fourth-order valence-corrected chi connectivity index (χ4v) is 6.96. The van der Waals surface area contributed by atoms with Crippen molar-refractivity contribution in [1.82, 2.24) is 15.5 Å². The molecule has 116 valence electrons. The Kier molecular flexibility index (Phi) is 3.38. The van der Waals surface area contributed by atoms with Crippen molar-refractivity contribution in [2.45, 2.75) is 64.2 Å². The topological polar surface area (TPSA) is 37.8 Å². The summed E-state index contributed by atoms with van der Waals surface area (Å²) in [5.74, 6) is 1.93. The predicted octanol–water partition coefficient (Wildman–Crippen LogP) is 3.55. The summed E-state index contributed by atoms with van der Waals surface area (Å²) < 4.78 is 0. The van der Waals surface area contributed by atoms with Gasteiger partial charge in [0, 0.05) is 18.4 Å². The lowest BCUT2D eigenvalue weighted by atomic mass is 9.45. The van der Waals surface area contributed by atoms with Crippen LogP contribution in [0.3, 0.4) is 0 Å². The van der Waals surface area contributed by atoms with Gasteiger partial charge in [0.25, 0.3) is 0 Å². The van der Waals surface area contributed by atoms with Gasteiger partial charge in [0.2, 0.25) is 0 Å². The Morgan fingerprint density at radius 1 is 1.19 bits per heavy atom. The van der Waals surface area contributed by atoms with Crippen LogP contribution in [0.2, 0.25) is 0 Å². The Morgan fingerprint density at radius 3 is 2.62 bits per heavy atom. The average molecular weight is 305 g/mol. The molecule has 4 heteroatoms. The minimum Gasteiger partial charge on any atom is -0.317 e. The van der Waals surface area contributed by atoms with Gasteiger partial charge in [0.1, 0.15) is 10.0 Å². The van der Waals surface area contributed by atoms with E-state index in [1.165, 1.54) is 48.5 Å². The number of nitrogens with zero attached hydrogens (tertiary/aromatic N) is 2. The summed E-state index contributed by atoms with van der Waals surface area (Å²) in [6, 6.07) is 0. The molecular formula is C17H27N3S. The summed E-state index contributed by atoms with van der Waals surface area (Å²) in [5, 5.41) is 15.1. The molecule has 2 unspecified atom stereocenters. The maximum Gasteiger partial charge on any atom is 0.123 e. The van der Waals surface area contributed by atoms with E-state index in [2.05, 4.69) is 29.4 Å². The third kappa shape index (κ3) is 2.44. The fourth-order valence-electron chi connectivity index (χ4n) is 5.91. The summed E-state index contributed by atoms with van der Waals surface area (Å²) in [6.07, 6.45) is 9.61. The average Bonchev–Trinajstić information content (AvgIpc) is 2.85. The third-order valence-corrected chi connectivity index (χ3v) is 7.27. The van der Waals surface area contributed by atoms with Gasteiger partial charge in [-0.05, 0) is 62.3 Å². The van der Waals surface area contributed by atoms with E-state index >= 15 is 0 Å². The molecule has 2 atom stereocenters. The molecule has 0 radical (unpaired) electrons. The van der Waals surface area contributed by atoms with Crippen molar-refractivity contribution >= 4 is 11.3 Å². The van der Waals surface area contributed by atoms with E-state index in [1.54, 1.807) is 0 Å². The SMILES string of the molecule is CCNCCc1nnc(C23CC4CC(CC(C)(C4)C2)C3)s1. The number of nitrogens with one attached hydrogen (secondary N) is 1. The summed E-state index contributed by atoms with van der Waals surface area (Å²) in [6.45, 7) is 6.76. The van der Waals surface area contributed by atoms with Gasteiger partial charge in [-0.2, -0.15) is 0 Å². The molecule has 5 rings (SSSR count). The van der Waals surface area contributed by atoms with E-state index in [4.69, 9.17) is 0 Å². The molecule has 4 saturated carbocycles. The first-order valence-electron chi connectivity index (χ1n) is 8.64. The Balaban J connectivity index is 1.55. The van der Waals surface area contributed by atoms with Crippen LogP contribution >= 0.6 is 11.3 Å². The van der Waals surface area contributed by atoms with Crippen molar-refractivity contribution in [3.05, 3.63) is 10.0 Å². The molecule has 0 amide bonds. The monoisotopic (exact) mass is 305 g/mol. The highest BCUT2D eigenvalue weighted by atomic mass is 32.1. The van der Waals surface area contributed by atoms with Gasteiger partial charge in [-0.15, -0.1) is 21.5 Å². The van der Waals surface area contributed by atoms with Gasteiger partial charge in [-0.1, -0.05) is 13.8 Å². The zero-order valence-electron chi connectivity index (χ0n) is 13.3. The van der Waals surface area contributed by atoms with Gasteiger partial charge in [-0.25, -0.2) is 0 Å². The van der Waals surface area contributed by atoms with Gasteiger partial charge in [0.15, 0.2) is 0 Å². The first-order valence-corrected chi connectivity index (χ1v) is 9.46. The van der Waals surface area contributed by atoms with Crippen LogP contribution in [0.25, 0.3) is 0 Å². The molecule has 1 heterocycles. The molecule has 21 heavy (non-hydrogen) atoms. The zero-order chi connectivity index (χ0) is 14.5. The quantitative estimate of drug-likeness (QED) is 0.845. The van der Waals surface area contributed by atoms with E-state index in [9.17, 15) is 0 Å². The molecule has 0 aromatic carbocycles. The second-order valence-corrected chi connectivity index (χ2v) is 9.22. The molecule has 4 fully saturated rings. The minimum absolute atomic E-state index is 0.396. The van der Waals surface area contributed by atoms with Crippen LogP contribution in [0, 0.1) is 17.3 Å². The standard InChI is InChI=1S/C17H27N3S/c1-3-18-5-4-14-19-20-15(21-14)17-9-12-6-13(10-17)8-16(2,7-12)11-17/h12-13,18H,3-11H2,1-2H3. The number of likely N-dealkylation sites (N-methyl/N-ethyl adjacent to an activating group) is 1. The Morgan fingerprint density at radius 2 is 1.95 bits per heavy atom. The third-order valence-electron chi connectivity index (χ3n) is 6.04. The highest BCUT2D eigenvalue weighted by Crippen LogP contribution is 2.65. The zero-order valence-corrected chi connectivity index (χ0v) is 14.1. The molecule has 4 aliphatic carbocycles. The molecule has 1 N–H and O–H groups in total. The number of rotatable bonds is 5. The molecule has 4 bridgehead atoms. The molecule has 0 saturated heterocycles. The van der Waals surface area contributed by atoms with Crippen LogP contribution in [0.5, 0.6) is 0 Å². The first kappa shape index (κ1) is 14.1. The highest BCUT2D eigenvalue weighted by Gasteiger charge is 2.57. The smallest absolute Gasteiger partial charge is 0.123 e. The maximum absolute atomic E-state index is 4.66. The predicted molar refractivity (Wildman–Crippen MR) is 86.6 cm³/mol. The van der Waals surface area contributed by atoms with Gasteiger partial charge >= 0.3 is 0 Å². The van der Waals surface area contributed by atoms with Crippen LogP contribution in [-0.4, -0.2) is 23.3 Å². The lowest BCUT2D eigenvalue weighted by molar-refractivity contribution is -0.0618. The summed E-state index contributed by atoms with van der Waals surface area (Å²) in [5.41, 5.74) is 0.993. The minimum atomic E-state index is 0.396. The molecule has 4 aliphatic rings. The largest absolute Gasteiger partial charge is 0.317 e. The summed E-state index contributed by atoms with van der Waals surface area (Å²) >= 11 is 1.91. The number of hydrogen-bond donors (Lipinski definition) is 1. The van der Waals surface area contributed by atoms with Crippen molar-refractivity contribution in [3.63, 3.8) is 0 Å². The van der Waals surface area contributed by atoms with Gasteiger partial charge in [-0.3, -0.25) is 0 Å². The summed E-state index contributed by atoms with van der Waals surface area (Å²) in [7, 11) is 0. The second kappa shape index (κ2) is 5.02. The number of aromatic nitrogens is 2. The van der Waals surface area contributed by atoms with Crippen LogP contribution in [0.1, 0.15) is 62.4 Å². The van der Waals surface area contributed by atoms with E-state index in [-0.39, 0.29) is 0 Å². The van der Waals surface area contributed by atoms with Crippen LogP contribution in [0.4, 0.5) is 0 Å². The number of hydrogen-bond acceptors (Lipinski definition) is 4. The van der Waals surface area contributed by atoms with Gasteiger partial charge < -0.3 is 5.32 Å². The van der Waals surface area contributed by atoms with E-state index in [0.29, 0.717) is 10.8 Å².